The highest BCUT2D eigenvalue weighted by atomic mass is 32.2. The van der Waals surface area contributed by atoms with Crippen molar-refractivity contribution in [2.45, 2.75) is 4.90 Å². The molecule has 0 spiro atoms. The van der Waals surface area contributed by atoms with E-state index in [1.165, 1.54) is 13.1 Å². The molecule has 0 saturated carbocycles. The monoisotopic (exact) mass is 425 g/mol. The van der Waals surface area contributed by atoms with Crippen LogP contribution in [0, 0.1) is 11.6 Å². The Morgan fingerprint density at radius 1 is 1.00 bits per heavy atom. The first-order valence-corrected chi connectivity index (χ1v) is 10.5. The lowest BCUT2D eigenvalue weighted by Gasteiger charge is -2.09. The molecule has 30 heavy (non-hydrogen) atoms. The van der Waals surface area contributed by atoms with Crippen molar-refractivity contribution >= 4 is 33.2 Å². The molecule has 0 fully saturated rings. The summed E-state index contributed by atoms with van der Waals surface area (Å²) in [5, 5.41) is 0. The third-order valence-electron chi connectivity index (χ3n) is 4.64. The molecule has 4 rings (SSSR count). The fraction of sp³-hybridized carbons (Fsp3) is 0.0455. The van der Waals surface area contributed by atoms with Crippen LogP contribution in [0.3, 0.4) is 0 Å². The summed E-state index contributed by atoms with van der Waals surface area (Å²) in [6.45, 7) is 0. The lowest BCUT2D eigenvalue weighted by atomic mass is 10.1. The summed E-state index contributed by atoms with van der Waals surface area (Å²) in [5.41, 5.74) is 2.72. The third kappa shape index (κ3) is 3.87. The Hall–Kier alpha value is -3.36. The van der Waals surface area contributed by atoms with Gasteiger partial charge in [-0.25, -0.2) is 26.9 Å². The molecule has 1 aromatic heterocycles. The molecule has 0 aliphatic carbocycles. The smallest absolute Gasteiger partial charge is 0.240 e. The Balaban J connectivity index is 1.72. The van der Waals surface area contributed by atoms with Crippen molar-refractivity contribution in [3.63, 3.8) is 0 Å². The highest BCUT2D eigenvalue weighted by molar-refractivity contribution is 7.89. The molecule has 0 aliphatic rings. The number of hydrogen-bond acceptors (Lipinski definition) is 3. The number of imidazole rings is 1. The zero-order valence-corrected chi connectivity index (χ0v) is 16.7. The molecule has 3 aromatic carbocycles. The Kier molecular flexibility index (Phi) is 5.19. The minimum atomic E-state index is -3.63. The van der Waals surface area contributed by atoms with Gasteiger partial charge in [0.15, 0.2) is 0 Å². The standard InChI is InChI=1S/C22H17F2N3O2S/c1-25-30(28,29)21-5-3-2-4-17(21)14-6-10-19-20(13-14)27-22(26-19)11-7-15-12-16(23)8-9-18(15)24/h2-13,25H,1H3,(H,26,27). The van der Waals surface area contributed by atoms with E-state index in [0.717, 1.165) is 18.2 Å². The molecule has 0 bridgehead atoms. The maximum atomic E-state index is 13.8. The van der Waals surface area contributed by atoms with Crippen LogP contribution in [0.5, 0.6) is 0 Å². The largest absolute Gasteiger partial charge is 0.338 e. The van der Waals surface area contributed by atoms with Gasteiger partial charge in [0.25, 0.3) is 0 Å². The Bertz CT molecular complexity index is 1380. The first-order chi connectivity index (χ1) is 14.4. The van der Waals surface area contributed by atoms with E-state index in [4.69, 9.17) is 0 Å². The average molecular weight is 425 g/mol. The normalized spacial score (nSPS) is 12.1. The number of nitrogens with zero attached hydrogens (tertiary/aromatic N) is 1. The molecule has 1 heterocycles. The number of benzene rings is 3. The van der Waals surface area contributed by atoms with Gasteiger partial charge in [-0.2, -0.15) is 0 Å². The van der Waals surface area contributed by atoms with Crippen molar-refractivity contribution in [3.05, 3.63) is 83.7 Å². The molecule has 8 heteroatoms. The molecule has 0 amide bonds. The van der Waals surface area contributed by atoms with Crippen molar-refractivity contribution in [1.82, 2.24) is 14.7 Å². The molecule has 152 valence electrons. The van der Waals surface area contributed by atoms with Crippen LogP contribution < -0.4 is 4.72 Å². The molecule has 0 saturated heterocycles. The van der Waals surface area contributed by atoms with Crippen LogP contribution in [0.25, 0.3) is 34.3 Å². The molecule has 0 unspecified atom stereocenters. The van der Waals surface area contributed by atoms with E-state index < -0.39 is 21.7 Å². The first-order valence-electron chi connectivity index (χ1n) is 9.03. The molecule has 2 N–H and O–H groups in total. The second-order valence-electron chi connectivity index (χ2n) is 6.56. The number of fused-ring (bicyclic) bond motifs is 1. The number of rotatable bonds is 5. The van der Waals surface area contributed by atoms with Crippen LogP contribution in [0.15, 0.2) is 65.6 Å². The summed E-state index contributed by atoms with van der Waals surface area (Å²) in [5.74, 6) is -0.601. The predicted molar refractivity (Wildman–Crippen MR) is 113 cm³/mol. The number of aromatic nitrogens is 2. The van der Waals surface area contributed by atoms with Crippen LogP contribution in [0.1, 0.15) is 11.4 Å². The number of halogens is 2. The van der Waals surface area contributed by atoms with Crippen molar-refractivity contribution in [2.24, 2.45) is 0 Å². The molecular formula is C22H17F2N3O2S. The van der Waals surface area contributed by atoms with Gasteiger partial charge < -0.3 is 4.98 Å². The van der Waals surface area contributed by atoms with Crippen molar-refractivity contribution in [1.29, 1.82) is 0 Å². The number of H-pyrrole nitrogens is 1. The molecule has 0 aliphatic heterocycles. The van der Waals surface area contributed by atoms with Gasteiger partial charge in [0.05, 0.1) is 15.9 Å². The van der Waals surface area contributed by atoms with Gasteiger partial charge in [-0.05, 0) is 61.2 Å². The molecule has 4 aromatic rings. The predicted octanol–water partition coefficient (Wildman–Crippen LogP) is 4.59. The van der Waals surface area contributed by atoms with E-state index in [0.29, 0.717) is 28.0 Å². The Morgan fingerprint density at radius 2 is 1.80 bits per heavy atom. The number of hydrogen-bond donors (Lipinski definition) is 2. The summed E-state index contributed by atoms with van der Waals surface area (Å²) < 4.78 is 54.1. The van der Waals surface area contributed by atoms with Gasteiger partial charge in [0.1, 0.15) is 17.5 Å². The maximum absolute atomic E-state index is 13.8. The average Bonchev–Trinajstić information content (AvgIpc) is 3.16. The molecule has 0 radical (unpaired) electrons. The van der Waals surface area contributed by atoms with Crippen LogP contribution in [0.2, 0.25) is 0 Å². The highest BCUT2D eigenvalue weighted by Gasteiger charge is 2.17. The summed E-state index contributed by atoms with van der Waals surface area (Å²) in [7, 11) is -2.26. The van der Waals surface area contributed by atoms with E-state index >= 15 is 0 Å². The van der Waals surface area contributed by atoms with Crippen molar-refractivity contribution in [2.75, 3.05) is 7.05 Å². The number of sulfonamides is 1. The van der Waals surface area contributed by atoms with E-state index in [2.05, 4.69) is 14.7 Å². The fourth-order valence-corrected chi connectivity index (χ4v) is 4.09. The van der Waals surface area contributed by atoms with Gasteiger partial charge in [-0.3, -0.25) is 0 Å². The van der Waals surface area contributed by atoms with Crippen LogP contribution >= 0.6 is 0 Å². The van der Waals surface area contributed by atoms with E-state index in [1.54, 1.807) is 48.5 Å². The summed E-state index contributed by atoms with van der Waals surface area (Å²) in [6.07, 6.45) is 2.99. The van der Waals surface area contributed by atoms with Crippen LogP contribution in [-0.4, -0.2) is 25.4 Å². The van der Waals surface area contributed by atoms with Crippen molar-refractivity contribution < 1.29 is 17.2 Å². The summed E-state index contributed by atoms with van der Waals surface area (Å²) in [4.78, 5) is 7.69. The van der Waals surface area contributed by atoms with Crippen molar-refractivity contribution in [3.8, 4) is 11.1 Å². The lowest BCUT2D eigenvalue weighted by Crippen LogP contribution is -2.19. The quantitative estimate of drug-likeness (QED) is 0.491. The van der Waals surface area contributed by atoms with Gasteiger partial charge >= 0.3 is 0 Å². The molecule has 0 atom stereocenters. The van der Waals surface area contributed by atoms with Gasteiger partial charge in [-0.15, -0.1) is 0 Å². The van der Waals surface area contributed by atoms with Crippen LogP contribution in [0.4, 0.5) is 8.78 Å². The highest BCUT2D eigenvalue weighted by Crippen LogP contribution is 2.29. The number of nitrogens with one attached hydrogen (secondary N) is 2. The zero-order chi connectivity index (χ0) is 21.3. The van der Waals surface area contributed by atoms with E-state index in [1.807, 2.05) is 0 Å². The van der Waals surface area contributed by atoms with Gasteiger partial charge in [0.2, 0.25) is 10.0 Å². The van der Waals surface area contributed by atoms with Crippen LogP contribution in [-0.2, 0) is 10.0 Å². The lowest BCUT2D eigenvalue weighted by molar-refractivity contribution is 0.588. The summed E-state index contributed by atoms with van der Waals surface area (Å²) in [6, 6.07) is 15.3. The summed E-state index contributed by atoms with van der Waals surface area (Å²) >= 11 is 0. The Labute approximate surface area is 172 Å². The van der Waals surface area contributed by atoms with E-state index in [9.17, 15) is 17.2 Å². The molecule has 5 nitrogen and oxygen atoms in total. The first kappa shape index (κ1) is 19.9. The van der Waals surface area contributed by atoms with Gasteiger partial charge in [-0.1, -0.05) is 24.3 Å². The van der Waals surface area contributed by atoms with E-state index in [-0.39, 0.29) is 10.5 Å². The minimum Gasteiger partial charge on any atom is -0.338 e. The zero-order valence-electron chi connectivity index (χ0n) is 15.9. The maximum Gasteiger partial charge on any atom is 0.240 e. The minimum absolute atomic E-state index is 0.113. The molecular weight excluding hydrogens is 408 g/mol. The Morgan fingerprint density at radius 3 is 2.60 bits per heavy atom. The fourth-order valence-electron chi connectivity index (χ4n) is 3.14. The second kappa shape index (κ2) is 7.81. The SMILES string of the molecule is CNS(=O)(=O)c1ccccc1-c1ccc2nc(C=Cc3cc(F)ccc3F)[nH]c2c1. The third-order valence-corrected chi connectivity index (χ3v) is 6.11. The second-order valence-corrected chi connectivity index (χ2v) is 8.41. The van der Waals surface area contributed by atoms with Gasteiger partial charge in [0, 0.05) is 11.1 Å². The number of aromatic amines is 1. The topological polar surface area (TPSA) is 74.8 Å².